The number of imidazole rings is 2. The summed E-state index contributed by atoms with van der Waals surface area (Å²) < 4.78 is 117. The fourth-order valence-corrected chi connectivity index (χ4v) is 3.13. The Morgan fingerprint density at radius 1 is 0.710 bits per heavy atom. The van der Waals surface area contributed by atoms with Crippen LogP contribution in [0.3, 0.4) is 0 Å². The van der Waals surface area contributed by atoms with Crippen LogP contribution in [0.1, 0.15) is 38.5 Å². The summed E-state index contributed by atoms with van der Waals surface area (Å²) in [5.74, 6) is 0.438. The molecule has 0 saturated carbocycles. The van der Waals surface area contributed by atoms with E-state index < -0.39 is 37.8 Å². The first kappa shape index (κ1) is 25.1. The average molecular weight is 465 g/mol. The second kappa shape index (κ2) is 9.94. The van der Waals surface area contributed by atoms with Crippen molar-refractivity contribution in [3.63, 3.8) is 0 Å². The molecule has 0 radical (unpaired) electrons. The predicted octanol–water partition coefficient (Wildman–Crippen LogP) is 5.67. The Kier molecular flexibility index (Phi) is 8.04. The second-order valence-corrected chi connectivity index (χ2v) is 7.11. The highest BCUT2D eigenvalue weighted by Gasteiger charge is 2.31. The van der Waals surface area contributed by atoms with Crippen molar-refractivity contribution >= 4 is 0 Å². The van der Waals surface area contributed by atoms with Gasteiger partial charge in [0, 0.05) is 38.2 Å². The van der Waals surface area contributed by atoms with Crippen LogP contribution in [0.25, 0.3) is 11.6 Å². The molecule has 0 fully saturated rings. The number of aromatic nitrogens is 4. The summed E-state index contributed by atoms with van der Waals surface area (Å²) in [4.78, 5) is 4.10. The van der Waals surface area contributed by atoms with Gasteiger partial charge in [0.05, 0.1) is 13.1 Å². The molecule has 0 aliphatic carbocycles. The zero-order valence-electron chi connectivity index (χ0n) is 16.4. The maximum Gasteiger partial charge on any atom is 0.389 e. The minimum absolute atomic E-state index is 0.0505. The van der Waals surface area contributed by atoms with Crippen LogP contribution in [0.5, 0.6) is 0 Å². The molecule has 2 aromatic heterocycles. The maximum atomic E-state index is 12.5. The summed E-state index contributed by atoms with van der Waals surface area (Å²) in [5.41, 5.74) is 0. The lowest BCUT2D eigenvalue weighted by Gasteiger charge is -2.11. The highest BCUT2D eigenvalue weighted by atomic mass is 19.4. The number of rotatable bonds is 10. The van der Waals surface area contributed by atoms with Crippen LogP contribution >= 0.6 is 0 Å². The topological polar surface area (TPSA) is 26.6 Å². The summed E-state index contributed by atoms with van der Waals surface area (Å²) in [6.07, 6.45) is -11.3. The summed E-state index contributed by atoms with van der Waals surface area (Å²) in [6, 6.07) is 0. The van der Waals surface area contributed by atoms with E-state index in [1.807, 2.05) is 0 Å². The molecule has 0 amide bonds. The summed E-state index contributed by atoms with van der Waals surface area (Å²) >= 11 is 0. The molecular weight excluding hydrogens is 443 g/mol. The number of nitrogens with zero attached hydrogens (tertiary/aromatic N) is 4. The lowest BCUT2D eigenvalue weighted by Crippen LogP contribution is -2.36. The Hall–Kier alpha value is -2.21. The van der Waals surface area contributed by atoms with Gasteiger partial charge < -0.3 is 4.57 Å². The number of hydrogen-bond acceptors (Lipinski definition) is 1. The van der Waals surface area contributed by atoms with Crippen LogP contribution < -0.4 is 4.57 Å². The quantitative estimate of drug-likeness (QED) is 0.328. The molecule has 2 heterocycles. The minimum Gasteiger partial charge on any atom is -0.325 e. The third-order valence-electron chi connectivity index (χ3n) is 4.46. The second-order valence-electron chi connectivity index (χ2n) is 7.11. The molecule has 0 atom stereocenters. The van der Waals surface area contributed by atoms with E-state index in [2.05, 4.69) is 4.98 Å². The molecule has 13 heteroatoms. The van der Waals surface area contributed by atoms with Gasteiger partial charge in [0.15, 0.2) is 0 Å². The Bertz CT molecular complexity index is 778. The largest absolute Gasteiger partial charge is 0.389 e. The smallest absolute Gasteiger partial charge is 0.325 e. The van der Waals surface area contributed by atoms with Crippen LogP contribution in [0.15, 0.2) is 24.8 Å². The van der Waals surface area contributed by atoms with E-state index in [-0.39, 0.29) is 50.5 Å². The van der Waals surface area contributed by atoms with Crippen molar-refractivity contribution in [3.8, 4) is 11.6 Å². The zero-order valence-corrected chi connectivity index (χ0v) is 16.4. The Morgan fingerprint density at radius 2 is 1.23 bits per heavy atom. The zero-order chi connectivity index (χ0) is 23.3. The fraction of sp³-hybridized carbons (Fsp3) is 0.667. The van der Waals surface area contributed by atoms with E-state index in [1.165, 1.54) is 38.5 Å². The third kappa shape index (κ3) is 8.82. The van der Waals surface area contributed by atoms with Gasteiger partial charge in [-0.05, 0) is 19.3 Å². The van der Waals surface area contributed by atoms with Gasteiger partial charge in [-0.1, -0.05) is 0 Å². The van der Waals surface area contributed by atoms with E-state index in [1.54, 1.807) is 0 Å². The van der Waals surface area contributed by atoms with Gasteiger partial charge in [0.25, 0.3) is 0 Å². The normalized spacial score (nSPS) is 13.2. The fourth-order valence-electron chi connectivity index (χ4n) is 3.13. The summed E-state index contributed by atoms with van der Waals surface area (Å²) in [6.45, 7) is -0.196. The van der Waals surface area contributed by atoms with Crippen molar-refractivity contribution in [2.75, 3.05) is 0 Å². The van der Waals surface area contributed by atoms with E-state index in [9.17, 15) is 39.5 Å². The van der Waals surface area contributed by atoms with Gasteiger partial charge in [0.2, 0.25) is 5.82 Å². The molecule has 2 rings (SSSR count). The van der Waals surface area contributed by atoms with Crippen molar-refractivity contribution in [2.24, 2.45) is 0 Å². The highest BCUT2D eigenvalue weighted by Crippen LogP contribution is 2.25. The van der Waals surface area contributed by atoms with Crippen molar-refractivity contribution in [1.29, 1.82) is 0 Å². The van der Waals surface area contributed by atoms with Gasteiger partial charge in [0.1, 0.15) is 12.4 Å². The first-order chi connectivity index (χ1) is 14.3. The van der Waals surface area contributed by atoms with Gasteiger partial charge in [-0.3, -0.25) is 0 Å². The van der Waals surface area contributed by atoms with Gasteiger partial charge in [-0.25, -0.2) is 14.1 Å². The summed E-state index contributed by atoms with van der Waals surface area (Å²) in [7, 11) is 0. The molecule has 0 aromatic carbocycles. The SMILES string of the molecule is FC(F)(F)CCCn1ccnc1-c1n(CCCC(F)(F)F)cc[n+]1CCCC(F)(F)F. The van der Waals surface area contributed by atoms with E-state index in [4.69, 9.17) is 0 Å². The first-order valence-corrected chi connectivity index (χ1v) is 9.55. The van der Waals surface area contributed by atoms with Gasteiger partial charge >= 0.3 is 24.4 Å². The molecule has 0 bridgehead atoms. The summed E-state index contributed by atoms with van der Waals surface area (Å²) in [5, 5.41) is 0. The van der Waals surface area contributed by atoms with Crippen molar-refractivity contribution < 1.29 is 44.1 Å². The molecular formula is C18H22F9N4+. The molecule has 0 unspecified atom stereocenters. The molecule has 0 aliphatic rings. The van der Waals surface area contributed by atoms with Crippen LogP contribution in [0.2, 0.25) is 0 Å². The first-order valence-electron chi connectivity index (χ1n) is 9.55. The maximum absolute atomic E-state index is 12.5. The molecule has 0 saturated heterocycles. The molecule has 176 valence electrons. The highest BCUT2D eigenvalue weighted by molar-refractivity contribution is 5.40. The molecule has 0 N–H and O–H groups in total. The Morgan fingerprint density at radius 3 is 1.77 bits per heavy atom. The Labute approximate surface area is 172 Å². The van der Waals surface area contributed by atoms with E-state index in [0.717, 1.165) is 0 Å². The van der Waals surface area contributed by atoms with Crippen molar-refractivity contribution in [2.45, 2.75) is 76.7 Å². The van der Waals surface area contributed by atoms with E-state index in [0.29, 0.717) is 0 Å². The van der Waals surface area contributed by atoms with Crippen molar-refractivity contribution in [1.82, 2.24) is 14.1 Å². The van der Waals surface area contributed by atoms with Crippen LogP contribution in [0.4, 0.5) is 39.5 Å². The molecule has 0 aliphatic heterocycles. The van der Waals surface area contributed by atoms with E-state index >= 15 is 0 Å². The van der Waals surface area contributed by atoms with Crippen LogP contribution in [0, 0.1) is 0 Å². The minimum atomic E-state index is -4.36. The number of alkyl halides is 9. The molecule has 0 spiro atoms. The lowest BCUT2D eigenvalue weighted by atomic mass is 10.3. The lowest BCUT2D eigenvalue weighted by molar-refractivity contribution is -0.686. The Balaban J connectivity index is 2.23. The van der Waals surface area contributed by atoms with Gasteiger partial charge in [-0.15, -0.1) is 0 Å². The van der Waals surface area contributed by atoms with Crippen molar-refractivity contribution in [3.05, 3.63) is 24.8 Å². The number of hydrogen-bond donors (Lipinski definition) is 0. The third-order valence-corrected chi connectivity index (χ3v) is 4.46. The molecule has 31 heavy (non-hydrogen) atoms. The van der Waals surface area contributed by atoms with Crippen LogP contribution in [-0.2, 0) is 19.6 Å². The van der Waals surface area contributed by atoms with Gasteiger partial charge in [-0.2, -0.15) is 39.5 Å². The molecule has 4 nitrogen and oxygen atoms in total. The van der Waals surface area contributed by atoms with Crippen LogP contribution in [-0.4, -0.2) is 32.6 Å². The predicted molar refractivity (Wildman–Crippen MR) is 91.7 cm³/mol. The molecule has 2 aromatic rings. The monoisotopic (exact) mass is 465 g/mol. The number of aryl methyl sites for hydroxylation is 3. The average Bonchev–Trinajstić information content (AvgIpc) is 3.18. The number of halogens is 9. The standard InChI is InChI=1S/C18H22F9N4/c19-16(20,21)4-1-8-29-11-7-28-14(29)15-30(9-2-5-17(22,23)24)12-13-31(15)10-3-6-18(25,26)27/h7,11-13H,1-6,8-10H2/q+1.